The summed E-state index contributed by atoms with van der Waals surface area (Å²) in [6.45, 7) is 2.22. The fourth-order valence-electron chi connectivity index (χ4n) is 2.59. The Kier molecular flexibility index (Phi) is 3.15. The molecule has 0 atom stereocenters. The lowest BCUT2D eigenvalue weighted by Gasteiger charge is -2.05. The van der Waals surface area contributed by atoms with Gasteiger partial charge in [0.25, 0.3) is 0 Å². The Hall–Kier alpha value is -3.02. The molecule has 0 aliphatic carbocycles. The molecular weight excluding hydrogens is 296 g/mol. The van der Waals surface area contributed by atoms with Gasteiger partial charge in [0.15, 0.2) is 17.2 Å². The molecule has 1 aromatic carbocycles. The molecule has 0 unspecified atom stereocenters. The van der Waals surface area contributed by atoms with E-state index in [9.17, 15) is 4.79 Å². The minimum absolute atomic E-state index is 0.153. The molecule has 1 aliphatic rings. The standard InChI is InChI=1S/C17H14N2O4/c1-11-18-16(13-4-2-3-7-19(11)13)17(20)21-9-12-5-6-14-15(8-12)23-10-22-14/h2-8H,9-10H2,1H3. The molecule has 0 amide bonds. The molecule has 116 valence electrons. The first-order valence-electron chi connectivity index (χ1n) is 7.22. The van der Waals surface area contributed by atoms with Crippen LogP contribution in [0, 0.1) is 6.92 Å². The molecule has 0 saturated carbocycles. The number of esters is 1. The molecule has 2 aromatic heterocycles. The Morgan fingerprint density at radius 3 is 3.04 bits per heavy atom. The van der Waals surface area contributed by atoms with E-state index in [-0.39, 0.29) is 13.4 Å². The third-order valence-electron chi connectivity index (χ3n) is 3.73. The van der Waals surface area contributed by atoms with Gasteiger partial charge in [0.1, 0.15) is 12.4 Å². The van der Waals surface area contributed by atoms with Crippen molar-refractivity contribution < 1.29 is 19.0 Å². The number of pyridine rings is 1. The van der Waals surface area contributed by atoms with Crippen LogP contribution in [0.5, 0.6) is 11.5 Å². The van der Waals surface area contributed by atoms with Crippen molar-refractivity contribution in [1.82, 2.24) is 9.38 Å². The average Bonchev–Trinajstić information content (AvgIpc) is 3.17. The Labute approximate surface area is 132 Å². The summed E-state index contributed by atoms with van der Waals surface area (Å²) in [5.41, 5.74) is 1.90. The van der Waals surface area contributed by atoms with Crippen LogP contribution in [0.25, 0.3) is 5.52 Å². The molecule has 0 saturated heterocycles. The van der Waals surface area contributed by atoms with E-state index >= 15 is 0 Å². The molecule has 0 N–H and O–H groups in total. The maximum atomic E-state index is 12.3. The Bertz CT molecular complexity index is 901. The third-order valence-corrected chi connectivity index (χ3v) is 3.73. The van der Waals surface area contributed by atoms with Gasteiger partial charge in [-0.2, -0.15) is 0 Å². The van der Waals surface area contributed by atoms with Crippen LogP contribution in [0.3, 0.4) is 0 Å². The summed E-state index contributed by atoms with van der Waals surface area (Å²) >= 11 is 0. The Morgan fingerprint density at radius 2 is 2.13 bits per heavy atom. The van der Waals surface area contributed by atoms with E-state index in [2.05, 4.69) is 4.98 Å². The van der Waals surface area contributed by atoms with E-state index in [0.29, 0.717) is 17.2 Å². The fourth-order valence-corrected chi connectivity index (χ4v) is 2.59. The van der Waals surface area contributed by atoms with Gasteiger partial charge in [0.05, 0.1) is 5.52 Å². The van der Waals surface area contributed by atoms with E-state index in [1.54, 1.807) is 0 Å². The summed E-state index contributed by atoms with van der Waals surface area (Å²) < 4.78 is 17.8. The number of nitrogens with zero attached hydrogens (tertiary/aromatic N) is 2. The monoisotopic (exact) mass is 310 g/mol. The van der Waals surface area contributed by atoms with Crippen molar-refractivity contribution in [2.24, 2.45) is 0 Å². The average molecular weight is 310 g/mol. The van der Waals surface area contributed by atoms with Crippen LogP contribution in [0.1, 0.15) is 21.9 Å². The lowest BCUT2D eigenvalue weighted by molar-refractivity contribution is 0.0468. The van der Waals surface area contributed by atoms with E-state index in [4.69, 9.17) is 14.2 Å². The van der Waals surface area contributed by atoms with Gasteiger partial charge in [0.2, 0.25) is 6.79 Å². The highest BCUT2D eigenvalue weighted by Gasteiger charge is 2.18. The van der Waals surface area contributed by atoms with Gasteiger partial charge in [-0.25, -0.2) is 9.78 Å². The highest BCUT2D eigenvalue weighted by atomic mass is 16.7. The number of benzene rings is 1. The summed E-state index contributed by atoms with van der Waals surface area (Å²) in [5, 5.41) is 0. The van der Waals surface area contributed by atoms with Crippen LogP contribution < -0.4 is 9.47 Å². The number of carbonyl (C=O) groups is 1. The lowest BCUT2D eigenvalue weighted by Crippen LogP contribution is -2.06. The zero-order valence-electron chi connectivity index (χ0n) is 12.5. The van der Waals surface area contributed by atoms with Crippen molar-refractivity contribution in [3.8, 4) is 11.5 Å². The molecule has 0 radical (unpaired) electrons. The molecule has 23 heavy (non-hydrogen) atoms. The first kappa shape index (κ1) is 13.6. The minimum atomic E-state index is -0.445. The summed E-state index contributed by atoms with van der Waals surface area (Å²) in [6, 6.07) is 11.1. The number of carbonyl (C=O) groups excluding carboxylic acids is 1. The summed E-state index contributed by atoms with van der Waals surface area (Å²) in [7, 11) is 0. The first-order valence-corrected chi connectivity index (χ1v) is 7.22. The number of fused-ring (bicyclic) bond motifs is 2. The second kappa shape index (κ2) is 5.31. The van der Waals surface area contributed by atoms with Gasteiger partial charge >= 0.3 is 5.97 Å². The van der Waals surface area contributed by atoms with E-state index in [1.807, 2.05) is 53.9 Å². The van der Waals surface area contributed by atoms with Crippen LogP contribution >= 0.6 is 0 Å². The van der Waals surface area contributed by atoms with E-state index in [1.165, 1.54) is 0 Å². The molecule has 0 spiro atoms. The van der Waals surface area contributed by atoms with Crippen molar-refractivity contribution in [2.75, 3.05) is 6.79 Å². The van der Waals surface area contributed by atoms with Crippen LogP contribution in [0.4, 0.5) is 0 Å². The van der Waals surface area contributed by atoms with E-state index in [0.717, 1.165) is 16.9 Å². The van der Waals surface area contributed by atoms with Crippen LogP contribution in [-0.2, 0) is 11.3 Å². The van der Waals surface area contributed by atoms with E-state index < -0.39 is 5.97 Å². The molecule has 0 fully saturated rings. The van der Waals surface area contributed by atoms with Gasteiger partial charge < -0.3 is 18.6 Å². The smallest absolute Gasteiger partial charge is 0.359 e. The maximum absolute atomic E-state index is 12.3. The summed E-state index contributed by atoms with van der Waals surface area (Å²) in [5.74, 6) is 1.67. The third kappa shape index (κ3) is 2.38. The largest absolute Gasteiger partial charge is 0.456 e. The predicted molar refractivity (Wildman–Crippen MR) is 81.6 cm³/mol. The van der Waals surface area contributed by atoms with Crippen molar-refractivity contribution in [2.45, 2.75) is 13.5 Å². The number of aromatic nitrogens is 2. The molecule has 4 rings (SSSR count). The zero-order valence-corrected chi connectivity index (χ0v) is 12.5. The highest BCUT2D eigenvalue weighted by molar-refractivity contribution is 5.95. The van der Waals surface area contributed by atoms with Crippen molar-refractivity contribution in [3.05, 3.63) is 59.7 Å². The van der Waals surface area contributed by atoms with Gasteiger partial charge in [-0.1, -0.05) is 12.1 Å². The second-order valence-electron chi connectivity index (χ2n) is 5.23. The van der Waals surface area contributed by atoms with Gasteiger partial charge in [-0.05, 0) is 36.8 Å². The van der Waals surface area contributed by atoms with Gasteiger partial charge in [-0.15, -0.1) is 0 Å². The normalized spacial score (nSPS) is 12.6. The number of hydrogen-bond donors (Lipinski definition) is 0. The highest BCUT2D eigenvalue weighted by Crippen LogP contribution is 2.32. The molecule has 1 aliphatic heterocycles. The molecule has 3 aromatic rings. The Morgan fingerprint density at radius 1 is 1.26 bits per heavy atom. The van der Waals surface area contributed by atoms with Crippen molar-refractivity contribution in [1.29, 1.82) is 0 Å². The molecule has 6 heteroatoms. The number of hydrogen-bond acceptors (Lipinski definition) is 5. The lowest BCUT2D eigenvalue weighted by atomic mass is 10.2. The molecule has 6 nitrogen and oxygen atoms in total. The topological polar surface area (TPSA) is 62.1 Å². The first-order chi connectivity index (χ1) is 11.2. The fraction of sp³-hybridized carbons (Fsp3) is 0.176. The quantitative estimate of drug-likeness (QED) is 0.696. The Balaban J connectivity index is 1.53. The molecule has 0 bridgehead atoms. The van der Waals surface area contributed by atoms with Crippen LogP contribution in [-0.4, -0.2) is 22.1 Å². The van der Waals surface area contributed by atoms with Gasteiger partial charge in [-0.3, -0.25) is 0 Å². The maximum Gasteiger partial charge on any atom is 0.359 e. The molecule has 3 heterocycles. The zero-order chi connectivity index (χ0) is 15.8. The number of ether oxygens (including phenoxy) is 3. The number of imidazole rings is 1. The minimum Gasteiger partial charge on any atom is -0.456 e. The van der Waals surface area contributed by atoms with Crippen LogP contribution in [0.2, 0.25) is 0 Å². The van der Waals surface area contributed by atoms with Crippen molar-refractivity contribution >= 4 is 11.5 Å². The summed E-state index contributed by atoms with van der Waals surface area (Å²) in [4.78, 5) is 16.6. The van der Waals surface area contributed by atoms with Gasteiger partial charge in [0, 0.05) is 6.20 Å². The SMILES string of the molecule is Cc1nc(C(=O)OCc2ccc3c(c2)OCO3)c2ccccn12. The predicted octanol–water partition coefficient (Wildman–Crippen LogP) is 2.73. The second-order valence-corrected chi connectivity index (χ2v) is 5.23. The van der Waals surface area contributed by atoms with Crippen LogP contribution in [0.15, 0.2) is 42.6 Å². The number of rotatable bonds is 3. The number of aryl methyl sites for hydroxylation is 1. The van der Waals surface area contributed by atoms with Crippen molar-refractivity contribution in [3.63, 3.8) is 0 Å². The summed E-state index contributed by atoms with van der Waals surface area (Å²) in [6.07, 6.45) is 1.87. The molecular formula is C17H14N2O4.